The van der Waals surface area contributed by atoms with Crippen LogP contribution in [0.1, 0.15) is 6.42 Å². The van der Waals surface area contributed by atoms with Crippen molar-refractivity contribution in [1.82, 2.24) is 0 Å². The van der Waals surface area contributed by atoms with Gasteiger partial charge in [-0.15, -0.1) is 27.3 Å². The van der Waals surface area contributed by atoms with Gasteiger partial charge in [-0.1, -0.05) is 6.08 Å². The maximum atomic E-state index is 10.1. The highest BCUT2D eigenvalue weighted by atomic mass is 31.2. The minimum atomic E-state index is -5.64. The molecule has 12 heavy (non-hydrogen) atoms. The van der Waals surface area contributed by atoms with Crippen LogP contribution in [0.2, 0.25) is 0 Å². The Bertz CT molecular complexity index is 197. The number of aliphatic hydroxyl groups is 1. The van der Waals surface area contributed by atoms with Gasteiger partial charge in [0.1, 0.15) is 0 Å². The van der Waals surface area contributed by atoms with Crippen molar-refractivity contribution in [3.8, 4) is 12.3 Å². The summed E-state index contributed by atoms with van der Waals surface area (Å²) in [5.74, 6) is 2.30. The minimum Gasteiger partial charge on any atom is -0.388 e. The van der Waals surface area contributed by atoms with Gasteiger partial charge in [-0.2, -0.15) is 0 Å². The maximum Gasteiger partial charge on any atom is 0.549 e. The minimum absolute atomic E-state index is 0.365. The van der Waals surface area contributed by atoms with Gasteiger partial charge in [-0.25, -0.2) is 4.57 Å². The van der Waals surface area contributed by atoms with Crippen molar-refractivity contribution in [2.75, 3.05) is 0 Å². The van der Waals surface area contributed by atoms with E-state index in [-0.39, 0.29) is 0 Å². The zero-order valence-corrected chi connectivity index (χ0v) is 7.05. The number of hydrogen-bond donors (Lipinski definition) is 2. The van der Waals surface area contributed by atoms with Crippen LogP contribution in [-0.2, 0) is 4.57 Å². The van der Waals surface area contributed by atoms with E-state index >= 15 is 0 Å². The molecular weight excluding hydrogens is 189 g/mol. The molecule has 2 N–H and O–H groups in total. The average Bonchev–Trinajstić information content (AvgIpc) is 1.85. The Kier molecular flexibility index (Phi) is 8.07. The lowest BCUT2D eigenvalue weighted by molar-refractivity contribution is 0.230. The normalized spacial score (nSPS) is 11.9. The van der Waals surface area contributed by atoms with E-state index in [1.54, 1.807) is 0 Å². The summed E-state index contributed by atoms with van der Waals surface area (Å²) in [6, 6.07) is 0. The summed E-state index contributed by atoms with van der Waals surface area (Å²) in [4.78, 5) is 6.74. The fraction of sp³-hybridized carbons (Fsp3) is 0.333. The van der Waals surface area contributed by atoms with E-state index in [2.05, 4.69) is 12.5 Å². The van der Waals surface area contributed by atoms with Crippen LogP contribution in [-0.4, -0.2) is 16.1 Å². The van der Waals surface area contributed by atoms with E-state index in [1.807, 2.05) is 0 Å². The summed E-state index contributed by atoms with van der Waals surface area (Å²) in [7, 11) is -5.64. The van der Waals surface area contributed by atoms with Crippen molar-refractivity contribution in [3.63, 3.8) is 0 Å². The van der Waals surface area contributed by atoms with Gasteiger partial charge in [-0.3, -0.25) is 4.89 Å². The van der Waals surface area contributed by atoms with Gasteiger partial charge in [0.2, 0.25) is 0 Å². The molecule has 0 spiro atoms. The number of hydrogen-bond acceptors (Lipinski definition) is 2. The van der Waals surface area contributed by atoms with Gasteiger partial charge in [0.15, 0.2) is 0 Å². The number of terminal acetylenes is 1. The third-order valence-electron chi connectivity index (χ3n) is 0.599. The second-order valence-electron chi connectivity index (χ2n) is 1.65. The smallest absolute Gasteiger partial charge is 0.388 e. The Morgan fingerprint density at radius 3 is 2.17 bits per heavy atom. The summed E-state index contributed by atoms with van der Waals surface area (Å²) in [5, 5.41) is 8.60. The average molecular weight is 198 g/mol. The zero-order chi connectivity index (χ0) is 10.2. The Hall–Kier alpha value is -0.690. The molecule has 0 rings (SSSR count). The van der Waals surface area contributed by atoms with Crippen LogP contribution in [0.5, 0.6) is 0 Å². The maximum absolute atomic E-state index is 10.1. The van der Waals surface area contributed by atoms with E-state index in [0.717, 1.165) is 0 Å². The zero-order valence-electron chi connectivity index (χ0n) is 6.15. The van der Waals surface area contributed by atoms with E-state index in [4.69, 9.17) is 21.0 Å². The molecule has 0 aromatic carbocycles. The van der Waals surface area contributed by atoms with Gasteiger partial charge in [0.25, 0.3) is 0 Å². The topological polar surface area (TPSA) is 57.5 Å². The first kappa shape index (κ1) is 13.9. The van der Waals surface area contributed by atoms with Crippen LogP contribution in [0.4, 0.5) is 8.39 Å². The molecule has 0 heterocycles. The number of aliphatic hydroxyl groups excluding tert-OH is 1. The highest BCUT2D eigenvalue weighted by Gasteiger charge is 2.09. The fourth-order valence-electron chi connectivity index (χ4n) is 0.204. The van der Waals surface area contributed by atoms with Crippen LogP contribution in [0.3, 0.4) is 0 Å². The summed E-state index contributed by atoms with van der Waals surface area (Å²) < 4.78 is 28.7. The molecule has 1 atom stereocenters. The van der Waals surface area contributed by atoms with Crippen molar-refractivity contribution in [2.45, 2.75) is 12.5 Å². The summed E-state index contributed by atoms with van der Waals surface area (Å²) in [6.45, 7) is 3.33. The van der Waals surface area contributed by atoms with Crippen LogP contribution >= 0.6 is 7.99 Å². The molecule has 0 radical (unpaired) electrons. The highest BCUT2D eigenvalue weighted by Crippen LogP contribution is 2.43. The monoisotopic (exact) mass is 198 g/mol. The van der Waals surface area contributed by atoms with E-state index in [9.17, 15) is 8.39 Å². The van der Waals surface area contributed by atoms with Gasteiger partial charge in [-0.05, 0) is 0 Å². The lowest BCUT2D eigenvalue weighted by Crippen LogP contribution is -1.97. The quantitative estimate of drug-likeness (QED) is 0.402. The molecule has 0 aliphatic rings. The number of rotatable bonds is 2. The Labute approximate surface area is 69.4 Å². The Morgan fingerprint density at radius 1 is 1.75 bits per heavy atom. The molecule has 1 unspecified atom stereocenters. The third-order valence-corrected chi connectivity index (χ3v) is 0.599. The molecule has 0 bridgehead atoms. The second kappa shape index (κ2) is 6.99. The summed E-state index contributed by atoms with van der Waals surface area (Å²) in [6.07, 6.45) is 6.11. The molecule has 0 aliphatic carbocycles. The van der Waals surface area contributed by atoms with Crippen LogP contribution in [0, 0.1) is 12.3 Å². The van der Waals surface area contributed by atoms with Crippen LogP contribution in [0.25, 0.3) is 0 Å². The van der Waals surface area contributed by atoms with Crippen molar-refractivity contribution in [1.29, 1.82) is 0 Å². The van der Waals surface area contributed by atoms with Crippen molar-refractivity contribution < 1.29 is 23.0 Å². The molecule has 0 aromatic rings. The fourth-order valence-corrected chi connectivity index (χ4v) is 0.204. The first-order chi connectivity index (χ1) is 5.31. The molecule has 0 saturated carbocycles. The first-order valence-electron chi connectivity index (χ1n) is 2.77. The standard InChI is InChI=1S/C6H8O.F2HO2P/c1-3-5-6(7)4-2;1-5(2,3)4/h1,4,6-7H,2,5H2;(H,3,4). The SMILES string of the molecule is C#CCC(O)C=C.O=P(O)(F)F. The number of halogens is 2. The molecule has 3 nitrogen and oxygen atoms in total. The van der Waals surface area contributed by atoms with E-state index in [1.165, 1.54) is 6.08 Å². The third kappa shape index (κ3) is 34.6. The highest BCUT2D eigenvalue weighted by molar-refractivity contribution is 7.46. The van der Waals surface area contributed by atoms with Gasteiger partial charge in [0.05, 0.1) is 6.10 Å². The predicted octanol–water partition coefficient (Wildman–Crippen LogP) is 1.58. The van der Waals surface area contributed by atoms with Gasteiger partial charge >= 0.3 is 7.99 Å². The molecule has 0 saturated heterocycles. The molecule has 0 aliphatic heterocycles. The molecule has 0 fully saturated rings. The Morgan fingerprint density at radius 2 is 2.08 bits per heavy atom. The summed E-state index contributed by atoms with van der Waals surface area (Å²) >= 11 is 0. The Balaban J connectivity index is 0. The van der Waals surface area contributed by atoms with Gasteiger partial charge < -0.3 is 5.11 Å². The molecular formula is C6H9F2O3P. The molecule has 6 heteroatoms. The van der Waals surface area contributed by atoms with Crippen LogP contribution < -0.4 is 0 Å². The van der Waals surface area contributed by atoms with E-state index in [0.29, 0.717) is 6.42 Å². The first-order valence-corrected chi connectivity index (χ1v) is 4.21. The molecule has 0 aromatic heterocycles. The van der Waals surface area contributed by atoms with Crippen molar-refractivity contribution in [3.05, 3.63) is 12.7 Å². The molecule has 70 valence electrons. The second-order valence-corrected chi connectivity index (χ2v) is 2.52. The van der Waals surface area contributed by atoms with Crippen LogP contribution in [0.15, 0.2) is 12.7 Å². The lowest BCUT2D eigenvalue weighted by atomic mass is 10.3. The molecule has 0 amide bonds. The lowest BCUT2D eigenvalue weighted by Gasteiger charge is -1.93. The summed E-state index contributed by atoms with van der Waals surface area (Å²) in [5.41, 5.74) is 0. The van der Waals surface area contributed by atoms with Crippen molar-refractivity contribution >= 4 is 7.99 Å². The largest absolute Gasteiger partial charge is 0.549 e. The van der Waals surface area contributed by atoms with E-state index < -0.39 is 14.1 Å². The van der Waals surface area contributed by atoms with Crippen molar-refractivity contribution in [2.24, 2.45) is 0 Å². The predicted molar refractivity (Wildman–Crippen MR) is 41.7 cm³/mol. The van der Waals surface area contributed by atoms with Gasteiger partial charge in [0, 0.05) is 6.42 Å².